The third-order valence-corrected chi connectivity index (χ3v) is 4.50. The number of carbonyl (C=O) groups is 2. The minimum Gasteiger partial charge on any atom is -0.481 e. The molecule has 5 heteroatoms. The molecule has 1 aliphatic carbocycles. The highest BCUT2D eigenvalue weighted by atomic mass is 16.6. The van der Waals surface area contributed by atoms with Gasteiger partial charge in [-0.2, -0.15) is 0 Å². The molecule has 0 aromatic heterocycles. The maximum absolute atomic E-state index is 12.0. The summed E-state index contributed by atoms with van der Waals surface area (Å²) in [6.07, 6.45) is 10.3. The molecule has 1 saturated carbocycles. The maximum Gasteiger partial charge on any atom is 0.309 e. The van der Waals surface area contributed by atoms with E-state index < -0.39 is 17.8 Å². The van der Waals surface area contributed by atoms with Crippen molar-refractivity contribution >= 4 is 11.9 Å². The van der Waals surface area contributed by atoms with Gasteiger partial charge >= 0.3 is 11.9 Å². The van der Waals surface area contributed by atoms with Crippen molar-refractivity contribution in [3.63, 3.8) is 0 Å². The van der Waals surface area contributed by atoms with E-state index in [4.69, 9.17) is 9.47 Å². The van der Waals surface area contributed by atoms with Crippen LogP contribution in [-0.4, -0.2) is 36.9 Å². The molecule has 0 aromatic carbocycles. The monoisotopic (exact) mass is 328 g/mol. The third kappa shape index (κ3) is 8.35. The molecule has 0 spiro atoms. The summed E-state index contributed by atoms with van der Waals surface area (Å²) in [5, 5.41) is 9.17. The zero-order valence-corrected chi connectivity index (χ0v) is 14.4. The minimum atomic E-state index is -0.883. The van der Waals surface area contributed by atoms with E-state index in [1.165, 1.54) is 32.1 Å². The predicted octanol–water partition coefficient (Wildman–Crippen LogP) is 3.80. The number of carbonyl (C=O) groups excluding carboxylic acids is 1. The number of rotatable bonds is 12. The van der Waals surface area contributed by atoms with Crippen LogP contribution in [0.4, 0.5) is 0 Å². The van der Waals surface area contributed by atoms with Crippen molar-refractivity contribution in [2.45, 2.75) is 71.1 Å². The summed E-state index contributed by atoms with van der Waals surface area (Å²) in [5.41, 5.74) is 0. The van der Waals surface area contributed by atoms with Gasteiger partial charge in [0.2, 0.25) is 0 Å². The molecule has 2 atom stereocenters. The first kappa shape index (κ1) is 19.9. The smallest absolute Gasteiger partial charge is 0.309 e. The van der Waals surface area contributed by atoms with Gasteiger partial charge in [-0.3, -0.25) is 9.59 Å². The molecule has 0 bridgehead atoms. The number of esters is 1. The van der Waals surface area contributed by atoms with Crippen molar-refractivity contribution < 1.29 is 24.2 Å². The van der Waals surface area contributed by atoms with Crippen LogP contribution < -0.4 is 0 Å². The van der Waals surface area contributed by atoms with Crippen LogP contribution in [0.15, 0.2) is 0 Å². The second kappa shape index (κ2) is 12.3. The van der Waals surface area contributed by atoms with Crippen molar-refractivity contribution in [1.82, 2.24) is 0 Å². The standard InChI is InChI=1S/C18H32O5/c1-2-3-4-5-6-9-12-22-13-14-23-18(21)16-11-8-7-10-15(16)17(19)20/h15-16H,2-14H2,1H3,(H,19,20). The highest BCUT2D eigenvalue weighted by Crippen LogP contribution is 2.31. The number of hydrogen-bond acceptors (Lipinski definition) is 4. The summed E-state index contributed by atoms with van der Waals surface area (Å²) in [6, 6.07) is 0. The summed E-state index contributed by atoms with van der Waals surface area (Å²) in [4.78, 5) is 23.2. The van der Waals surface area contributed by atoms with E-state index in [-0.39, 0.29) is 12.6 Å². The van der Waals surface area contributed by atoms with Crippen molar-refractivity contribution in [1.29, 1.82) is 0 Å². The molecule has 1 rings (SSSR count). The first-order valence-electron chi connectivity index (χ1n) is 9.14. The van der Waals surface area contributed by atoms with Gasteiger partial charge < -0.3 is 14.6 Å². The van der Waals surface area contributed by atoms with Gasteiger partial charge in [-0.1, -0.05) is 51.9 Å². The zero-order valence-electron chi connectivity index (χ0n) is 14.4. The molecule has 5 nitrogen and oxygen atoms in total. The summed E-state index contributed by atoms with van der Waals surface area (Å²) in [7, 11) is 0. The molecule has 2 unspecified atom stereocenters. The molecule has 23 heavy (non-hydrogen) atoms. The predicted molar refractivity (Wildman–Crippen MR) is 88.2 cm³/mol. The molecule has 1 fully saturated rings. The molecular formula is C18H32O5. The van der Waals surface area contributed by atoms with Crippen LogP contribution in [0.25, 0.3) is 0 Å². The first-order valence-corrected chi connectivity index (χ1v) is 9.14. The van der Waals surface area contributed by atoms with Crippen molar-refractivity contribution in [2.75, 3.05) is 19.8 Å². The zero-order chi connectivity index (χ0) is 16.9. The van der Waals surface area contributed by atoms with Gasteiger partial charge in [0, 0.05) is 6.61 Å². The van der Waals surface area contributed by atoms with Crippen LogP contribution in [0, 0.1) is 11.8 Å². The van der Waals surface area contributed by atoms with E-state index >= 15 is 0 Å². The Hall–Kier alpha value is -1.10. The molecule has 0 saturated heterocycles. The number of unbranched alkanes of at least 4 members (excludes halogenated alkanes) is 5. The van der Waals surface area contributed by atoms with Gasteiger partial charge in [0.05, 0.1) is 18.4 Å². The van der Waals surface area contributed by atoms with Crippen LogP contribution in [0.5, 0.6) is 0 Å². The summed E-state index contributed by atoms with van der Waals surface area (Å²) in [6.45, 7) is 3.52. The Balaban J connectivity index is 2.04. The maximum atomic E-state index is 12.0. The van der Waals surface area contributed by atoms with E-state index in [1.807, 2.05) is 0 Å². The quantitative estimate of drug-likeness (QED) is 0.436. The van der Waals surface area contributed by atoms with E-state index in [2.05, 4.69) is 6.92 Å². The SMILES string of the molecule is CCCCCCCCOCCOC(=O)C1CCCCC1C(=O)O. The van der Waals surface area contributed by atoms with Crippen LogP contribution in [0.1, 0.15) is 71.1 Å². The Morgan fingerprint density at radius 1 is 0.913 bits per heavy atom. The summed E-state index contributed by atoms with van der Waals surface area (Å²) >= 11 is 0. The lowest BCUT2D eigenvalue weighted by molar-refractivity contribution is -0.160. The van der Waals surface area contributed by atoms with Crippen molar-refractivity contribution in [3.8, 4) is 0 Å². The molecule has 0 amide bonds. The Bertz CT molecular complexity index is 342. The van der Waals surface area contributed by atoms with Crippen molar-refractivity contribution in [2.24, 2.45) is 11.8 Å². The topological polar surface area (TPSA) is 72.8 Å². The second-order valence-corrected chi connectivity index (χ2v) is 6.38. The fraction of sp³-hybridized carbons (Fsp3) is 0.889. The molecule has 0 heterocycles. The minimum absolute atomic E-state index is 0.220. The van der Waals surface area contributed by atoms with E-state index in [0.29, 0.717) is 26.1 Å². The Labute approximate surface area is 139 Å². The average Bonchev–Trinajstić information content (AvgIpc) is 2.56. The molecule has 1 N–H and O–H groups in total. The number of hydrogen-bond donors (Lipinski definition) is 1. The number of carboxylic acid groups (broad SMARTS) is 1. The van der Waals surface area contributed by atoms with Crippen LogP contribution in [-0.2, 0) is 19.1 Å². The Morgan fingerprint density at radius 3 is 2.26 bits per heavy atom. The van der Waals surface area contributed by atoms with Crippen LogP contribution in [0.2, 0.25) is 0 Å². The molecule has 0 aromatic rings. The van der Waals surface area contributed by atoms with Crippen LogP contribution >= 0.6 is 0 Å². The van der Waals surface area contributed by atoms with E-state index in [9.17, 15) is 14.7 Å². The fourth-order valence-corrected chi connectivity index (χ4v) is 3.10. The second-order valence-electron chi connectivity index (χ2n) is 6.38. The van der Waals surface area contributed by atoms with E-state index in [0.717, 1.165) is 19.3 Å². The lowest BCUT2D eigenvalue weighted by Gasteiger charge is -2.26. The Kier molecular flexibility index (Phi) is 10.7. The summed E-state index contributed by atoms with van der Waals surface area (Å²) < 4.78 is 10.7. The molecule has 0 aliphatic heterocycles. The third-order valence-electron chi connectivity index (χ3n) is 4.50. The number of ether oxygens (including phenoxy) is 2. The Morgan fingerprint density at radius 2 is 1.57 bits per heavy atom. The van der Waals surface area contributed by atoms with Gasteiger partial charge in [-0.25, -0.2) is 0 Å². The summed E-state index contributed by atoms with van der Waals surface area (Å²) in [5.74, 6) is -2.33. The van der Waals surface area contributed by atoms with Gasteiger partial charge in [0.15, 0.2) is 0 Å². The highest BCUT2D eigenvalue weighted by Gasteiger charge is 2.36. The normalized spacial score (nSPS) is 21.1. The fourth-order valence-electron chi connectivity index (χ4n) is 3.10. The van der Waals surface area contributed by atoms with Crippen LogP contribution in [0.3, 0.4) is 0 Å². The molecule has 1 aliphatic rings. The largest absolute Gasteiger partial charge is 0.481 e. The molecule has 134 valence electrons. The van der Waals surface area contributed by atoms with Crippen molar-refractivity contribution in [3.05, 3.63) is 0 Å². The van der Waals surface area contributed by atoms with Gasteiger partial charge in [0.25, 0.3) is 0 Å². The number of carboxylic acids is 1. The lowest BCUT2D eigenvalue weighted by atomic mass is 9.79. The average molecular weight is 328 g/mol. The highest BCUT2D eigenvalue weighted by molar-refractivity contribution is 5.81. The number of aliphatic carboxylic acids is 1. The first-order chi connectivity index (χ1) is 11.2. The molecular weight excluding hydrogens is 296 g/mol. The van der Waals surface area contributed by atoms with Gasteiger partial charge in [-0.15, -0.1) is 0 Å². The molecule has 0 radical (unpaired) electrons. The van der Waals surface area contributed by atoms with Gasteiger partial charge in [-0.05, 0) is 19.3 Å². The lowest BCUT2D eigenvalue weighted by Crippen LogP contribution is -2.34. The van der Waals surface area contributed by atoms with E-state index in [1.54, 1.807) is 0 Å². The van der Waals surface area contributed by atoms with Gasteiger partial charge in [0.1, 0.15) is 6.61 Å².